The van der Waals surface area contributed by atoms with Gasteiger partial charge in [0.05, 0.1) is 0 Å². The minimum absolute atomic E-state index is 0.0373. The predicted octanol–water partition coefficient (Wildman–Crippen LogP) is 8.06. The van der Waals surface area contributed by atoms with Crippen molar-refractivity contribution in [2.24, 2.45) is 0 Å². The summed E-state index contributed by atoms with van der Waals surface area (Å²) in [4.78, 5) is 31.3. The van der Waals surface area contributed by atoms with Gasteiger partial charge in [0.2, 0.25) is 0 Å². The second kappa shape index (κ2) is 8.94. The zero-order valence-electron chi connectivity index (χ0n) is 19.3. The standard InChI is InChI=1S/C30H24O2S2/c1-30(2,3)22-15-7-8-16-23(22)34-25-18-10-14-21-27(25)29(32)26-20(28(21)31)13-9-17-24(26)33-19-11-5-4-6-12-19/h4-18H,1-3H3. The first kappa shape index (κ1) is 22.7. The molecule has 0 unspecified atom stereocenters. The molecule has 1 aliphatic carbocycles. The molecule has 0 N–H and O–H groups in total. The molecule has 34 heavy (non-hydrogen) atoms. The maximum atomic E-state index is 14.0. The minimum Gasteiger partial charge on any atom is -0.289 e. The van der Waals surface area contributed by atoms with Crippen LogP contribution >= 0.6 is 23.5 Å². The Bertz CT molecular complexity index is 1420. The number of rotatable bonds is 4. The molecule has 4 heteroatoms. The highest BCUT2D eigenvalue weighted by molar-refractivity contribution is 7.99. The van der Waals surface area contributed by atoms with Gasteiger partial charge >= 0.3 is 0 Å². The van der Waals surface area contributed by atoms with Crippen molar-refractivity contribution in [3.63, 3.8) is 0 Å². The van der Waals surface area contributed by atoms with E-state index in [0.29, 0.717) is 22.3 Å². The number of hydrogen-bond donors (Lipinski definition) is 0. The predicted molar refractivity (Wildman–Crippen MR) is 140 cm³/mol. The fraction of sp³-hybridized carbons (Fsp3) is 0.133. The van der Waals surface area contributed by atoms with Crippen LogP contribution < -0.4 is 0 Å². The van der Waals surface area contributed by atoms with Crippen LogP contribution in [0.15, 0.2) is 111 Å². The lowest BCUT2D eigenvalue weighted by Gasteiger charge is -2.24. The fourth-order valence-electron chi connectivity index (χ4n) is 4.26. The molecule has 0 saturated carbocycles. The second-order valence-corrected chi connectivity index (χ2v) is 11.5. The average molecular weight is 481 g/mol. The van der Waals surface area contributed by atoms with Gasteiger partial charge in [0.15, 0.2) is 11.6 Å². The second-order valence-electron chi connectivity index (χ2n) is 9.28. The molecular formula is C30H24O2S2. The van der Waals surface area contributed by atoms with Gasteiger partial charge in [-0.3, -0.25) is 9.59 Å². The van der Waals surface area contributed by atoms with Crippen LogP contribution in [-0.2, 0) is 5.41 Å². The molecule has 0 spiro atoms. The van der Waals surface area contributed by atoms with E-state index in [1.165, 1.54) is 17.3 Å². The van der Waals surface area contributed by atoms with Crippen LogP contribution in [0.3, 0.4) is 0 Å². The average Bonchev–Trinajstić information content (AvgIpc) is 2.83. The van der Waals surface area contributed by atoms with Crippen molar-refractivity contribution in [2.75, 3.05) is 0 Å². The van der Waals surface area contributed by atoms with Gasteiger partial charge in [-0.15, -0.1) is 0 Å². The Balaban J connectivity index is 1.62. The van der Waals surface area contributed by atoms with Gasteiger partial charge in [-0.2, -0.15) is 0 Å². The fourth-order valence-corrected chi connectivity index (χ4v) is 6.58. The lowest BCUT2D eigenvalue weighted by atomic mass is 9.84. The van der Waals surface area contributed by atoms with E-state index in [9.17, 15) is 9.59 Å². The van der Waals surface area contributed by atoms with Crippen molar-refractivity contribution in [3.05, 3.63) is 119 Å². The van der Waals surface area contributed by atoms with Gasteiger partial charge in [0.25, 0.3) is 0 Å². The molecule has 0 aliphatic heterocycles. The molecule has 0 bridgehead atoms. The summed E-state index contributed by atoms with van der Waals surface area (Å²) >= 11 is 3.08. The van der Waals surface area contributed by atoms with Gasteiger partial charge in [-0.25, -0.2) is 0 Å². The Labute approximate surface area is 208 Å². The number of fused-ring (bicyclic) bond motifs is 2. The van der Waals surface area contributed by atoms with Crippen LogP contribution in [0.1, 0.15) is 58.2 Å². The quantitative estimate of drug-likeness (QED) is 0.260. The van der Waals surface area contributed by atoms with Crippen LogP contribution in [-0.4, -0.2) is 11.6 Å². The summed E-state index contributed by atoms with van der Waals surface area (Å²) in [5.41, 5.74) is 3.16. The van der Waals surface area contributed by atoms with E-state index < -0.39 is 0 Å². The Morgan fingerprint density at radius 2 is 1.06 bits per heavy atom. The molecule has 0 heterocycles. The lowest BCUT2D eigenvalue weighted by Crippen LogP contribution is -2.22. The maximum Gasteiger partial charge on any atom is 0.196 e. The van der Waals surface area contributed by atoms with Crippen molar-refractivity contribution < 1.29 is 9.59 Å². The highest BCUT2D eigenvalue weighted by Crippen LogP contribution is 2.43. The van der Waals surface area contributed by atoms with E-state index in [2.05, 4.69) is 32.9 Å². The first-order valence-electron chi connectivity index (χ1n) is 11.2. The molecule has 0 amide bonds. The number of benzene rings is 4. The van der Waals surface area contributed by atoms with Crippen LogP contribution in [0, 0.1) is 0 Å². The molecule has 1 aliphatic rings. The molecule has 168 valence electrons. The van der Waals surface area contributed by atoms with E-state index in [4.69, 9.17) is 0 Å². The van der Waals surface area contributed by atoms with Gasteiger partial charge < -0.3 is 0 Å². The Morgan fingerprint density at radius 1 is 0.529 bits per heavy atom. The molecule has 2 nitrogen and oxygen atoms in total. The third-order valence-corrected chi connectivity index (χ3v) is 8.09. The smallest absolute Gasteiger partial charge is 0.196 e. The summed E-state index contributed by atoms with van der Waals surface area (Å²) in [5.74, 6) is -0.174. The SMILES string of the molecule is CC(C)(C)c1ccccc1Sc1cccc2c1C(=O)c1c(Sc3ccccc3)cccc1C2=O. The molecule has 4 aromatic rings. The van der Waals surface area contributed by atoms with Crippen molar-refractivity contribution in [1.29, 1.82) is 0 Å². The van der Waals surface area contributed by atoms with Crippen LogP contribution in [0.2, 0.25) is 0 Å². The molecule has 4 aromatic carbocycles. The van der Waals surface area contributed by atoms with Gasteiger partial charge in [0, 0.05) is 41.8 Å². The van der Waals surface area contributed by atoms with Crippen LogP contribution in [0.5, 0.6) is 0 Å². The molecule has 0 fully saturated rings. The van der Waals surface area contributed by atoms with E-state index in [1.54, 1.807) is 23.9 Å². The molecule has 0 atom stereocenters. The van der Waals surface area contributed by atoms with Crippen molar-refractivity contribution >= 4 is 35.1 Å². The summed E-state index contributed by atoms with van der Waals surface area (Å²) < 4.78 is 0. The summed E-state index contributed by atoms with van der Waals surface area (Å²) in [6, 6.07) is 29.4. The van der Waals surface area contributed by atoms with E-state index in [0.717, 1.165) is 19.6 Å². The topological polar surface area (TPSA) is 34.1 Å². The Morgan fingerprint density at radius 3 is 1.68 bits per heavy atom. The van der Waals surface area contributed by atoms with E-state index in [-0.39, 0.29) is 17.0 Å². The Kier molecular flexibility index (Phi) is 5.97. The monoisotopic (exact) mass is 480 g/mol. The van der Waals surface area contributed by atoms with Crippen LogP contribution in [0.4, 0.5) is 0 Å². The normalized spacial score (nSPS) is 12.9. The highest BCUT2D eigenvalue weighted by Gasteiger charge is 2.34. The van der Waals surface area contributed by atoms with Gasteiger partial charge in [0.1, 0.15) is 0 Å². The maximum absolute atomic E-state index is 14.0. The molecule has 5 rings (SSSR count). The largest absolute Gasteiger partial charge is 0.289 e. The first-order valence-corrected chi connectivity index (χ1v) is 12.8. The van der Waals surface area contributed by atoms with Gasteiger partial charge in [-0.05, 0) is 41.3 Å². The number of carbonyl (C=O) groups is 2. The molecule has 0 radical (unpaired) electrons. The van der Waals surface area contributed by atoms with Crippen molar-refractivity contribution in [1.82, 2.24) is 0 Å². The first-order chi connectivity index (χ1) is 16.3. The van der Waals surface area contributed by atoms with Crippen molar-refractivity contribution in [3.8, 4) is 0 Å². The molecule has 0 aromatic heterocycles. The third kappa shape index (κ3) is 4.13. The van der Waals surface area contributed by atoms with Gasteiger partial charge in [-0.1, -0.05) is 105 Å². The van der Waals surface area contributed by atoms with E-state index >= 15 is 0 Å². The summed E-state index contributed by atoms with van der Waals surface area (Å²) in [6.45, 7) is 6.56. The highest BCUT2D eigenvalue weighted by atomic mass is 32.2. The number of carbonyl (C=O) groups excluding carboxylic acids is 2. The zero-order chi connectivity index (χ0) is 23.9. The van der Waals surface area contributed by atoms with E-state index in [1.807, 2.05) is 66.7 Å². The number of hydrogen-bond acceptors (Lipinski definition) is 4. The minimum atomic E-state index is -0.0910. The summed E-state index contributed by atoms with van der Waals surface area (Å²) in [7, 11) is 0. The summed E-state index contributed by atoms with van der Waals surface area (Å²) in [6.07, 6.45) is 0. The Hall–Kier alpha value is -3.08. The lowest BCUT2D eigenvalue weighted by molar-refractivity contribution is 0.0974. The zero-order valence-corrected chi connectivity index (χ0v) is 20.9. The summed E-state index contributed by atoms with van der Waals surface area (Å²) in [5, 5.41) is 0. The number of ketones is 2. The molecule has 0 saturated heterocycles. The molecular weight excluding hydrogens is 456 g/mol. The van der Waals surface area contributed by atoms with Crippen molar-refractivity contribution in [2.45, 2.75) is 45.8 Å². The third-order valence-electron chi connectivity index (χ3n) is 5.88. The van der Waals surface area contributed by atoms with Crippen LogP contribution in [0.25, 0.3) is 0 Å².